The molecule has 0 aliphatic carbocycles. The van der Waals surface area contributed by atoms with Crippen LogP contribution in [0.15, 0.2) is 34.6 Å². The molecule has 0 aliphatic heterocycles. The monoisotopic (exact) mass is 526 g/mol. The van der Waals surface area contributed by atoms with Gasteiger partial charge in [0.15, 0.2) is 0 Å². The van der Waals surface area contributed by atoms with Gasteiger partial charge in [0.2, 0.25) is 0 Å². The number of nitrogens with zero attached hydrogens (tertiary/aromatic N) is 8. The fourth-order valence-corrected chi connectivity index (χ4v) is 4.31. The maximum Gasteiger partial charge on any atom is 0.278 e. The molecule has 0 aromatic carbocycles. The Hall–Kier alpha value is -3.80. The molecule has 5 aromatic heterocycles. The summed E-state index contributed by atoms with van der Waals surface area (Å²) in [4.78, 5) is 41.0. The number of H-pyrrole nitrogens is 2. The summed E-state index contributed by atoms with van der Waals surface area (Å²) in [5.41, 5.74) is 2.43. The van der Waals surface area contributed by atoms with Gasteiger partial charge in [0.25, 0.3) is 22.7 Å². The van der Waals surface area contributed by atoms with Gasteiger partial charge in [-0.15, -0.1) is 0 Å². The van der Waals surface area contributed by atoms with Crippen molar-refractivity contribution in [2.24, 2.45) is 5.92 Å². The van der Waals surface area contributed by atoms with Gasteiger partial charge in [0.05, 0.1) is 17.5 Å². The zero-order valence-corrected chi connectivity index (χ0v) is 22.5. The van der Waals surface area contributed by atoms with Gasteiger partial charge >= 0.3 is 0 Å². The smallest absolute Gasteiger partial charge is 0.278 e. The lowest BCUT2D eigenvalue weighted by Crippen LogP contribution is -2.22. The Morgan fingerprint density at radius 3 is 2.00 bits per heavy atom. The quantitative estimate of drug-likeness (QED) is 0.321. The van der Waals surface area contributed by atoms with E-state index in [1.54, 1.807) is 6.20 Å². The van der Waals surface area contributed by atoms with Crippen LogP contribution in [0, 0.1) is 5.92 Å². The number of hydrogen-bond acceptors (Lipinski definition) is 7. The van der Waals surface area contributed by atoms with Crippen LogP contribution in [-0.2, 0) is 6.54 Å². The molecule has 196 valence electrons. The second-order valence-corrected chi connectivity index (χ2v) is 10.2. The van der Waals surface area contributed by atoms with Crippen LogP contribution >= 0.6 is 11.6 Å². The molecule has 5 rings (SSSR count). The highest BCUT2D eigenvalue weighted by molar-refractivity contribution is 6.30. The Morgan fingerprint density at radius 1 is 0.865 bits per heavy atom. The molecule has 0 bridgehead atoms. The van der Waals surface area contributed by atoms with E-state index in [0.717, 1.165) is 18.5 Å². The highest BCUT2D eigenvalue weighted by Crippen LogP contribution is 2.25. The van der Waals surface area contributed by atoms with E-state index in [0.29, 0.717) is 34.3 Å². The van der Waals surface area contributed by atoms with Crippen LogP contribution in [0.5, 0.6) is 0 Å². The fourth-order valence-electron chi connectivity index (χ4n) is 3.94. The highest BCUT2D eigenvalue weighted by Gasteiger charge is 2.19. The van der Waals surface area contributed by atoms with Crippen molar-refractivity contribution in [2.75, 3.05) is 0 Å². The third-order valence-corrected chi connectivity index (χ3v) is 6.17. The lowest BCUT2D eigenvalue weighted by Gasteiger charge is -2.09. The topological polar surface area (TPSA) is 144 Å². The molecular formula is C24H31ClN10O2. The third kappa shape index (κ3) is 5.33. The van der Waals surface area contributed by atoms with Crippen molar-refractivity contribution < 1.29 is 0 Å². The molecule has 2 N–H and O–H groups in total. The second-order valence-electron chi connectivity index (χ2n) is 9.83. The molecule has 0 saturated carbocycles. The van der Waals surface area contributed by atoms with Crippen molar-refractivity contribution in [3.05, 3.63) is 62.0 Å². The van der Waals surface area contributed by atoms with Gasteiger partial charge in [-0.2, -0.15) is 19.1 Å². The summed E-state index contributed by atoms with van der Waals surface area (Å²) in [6.07, 6.45) is 7.68. The Bertz CT molecular complexity index is 1640. The molecule has 5 aromatic rings. The summed E-state index contributed by atoms with van der Waals surface area (Å²) in [5, 5.41) is 10.1. The minimum absolute atomic E-state index is 0.0442. The van der Waals surface area contributed by atoms with Crippen LogP contribution in [0.1, 0.15) is 70.9 Å². The summed E-state index contributed by atoms with van der Waals surface area (Å²) < 4.78 is 4.57. The Morgan fingerprint density at radius 2 is 1.43 bits per heavy atom. The number of nitrogens with one attached hydrogen (secondary N) is 2. The van der Waals surface area contributed by atoms with Crippen LogP contribution in [0.3, 0.4) is 0 Å². The van der Waals surface area contributed by atoms with Gasteiger partial charge in [-0.05, 0) is 24.2 Å². The average molecular weight is 527 g/mol. The first-order chi connectivity index (χ1) is 17.6. The van der Waals surface area contributed by atoms with E-state index in [9.17, 15) is 9.59 Å². The average Bonchev–Trinajstić information content (AvgIpc) is 3.58. The van der Waals surface area contributed by atoms with Crippen molar-refractivity contribution in [3.63, 3.8) is 0 Å². The maximum absolute atomic E-state index is 12.7. The number of fused-ring (bicyclic) bond motifs is 2. The first kappa shape index (κ1) is 26.3. The van der Waals surface area contributed by atoms with Crippen molar-refractivity contribution in [2.45, 2.75) is 66.3 Å². The molecule has 0 amide bonds. The van der Waals surface area contributed by atoms with E-state index in [4.69, 9.17) is 11.6 Å². The first-order valence-corrected chi connectivity index (χ1v) is 12.6. The zero-order valence-electron chi connectivity index (χ0n) is 21.7. The molecule has 0 fully saturated rings. The molecule has 0 atom stereocenters. The van der Waals surface area contributed by atoms with Gasteiger partial charge < -0.3 is 0 Å². The number of halogens is 1. The molecule has 37 heavy (non-hydrogen) atoms. The van der Waals surface area contributed by atoms with Gasteiger partial charge in [-0.25, -0.2) is 15.0 Å². The summed E-state index contributed by atoms with van der Waals surface area (Å²) in [7, 11) is 0. The SMILES string of the molecule is CC(C)CCn1cc(-c2nc3nc[nH]n3c(=O)c2C(C)C)cn1.CC(C)c1c(Cl)nc2nc[nH]n2c1=O. The van der Waals surface area contributed by atoms with E-state index < -0.39 is 0 Å². The van der Waals surface area contributed by atoms with E-state index in [-0.39, 0.29) is 28.1 Å². The van der Waals surface area contributed by atoms with Crippen LogP contribution in [0.2, 0.25) is 5.15 Å². The van der Waals surface area contributed by atoms with Gasteiger partial charge in [0, 0.05) is 23.9 Å². The Kier molecular flexibility index (Phi) is 7.58. The summed E-state index contributed by atoms with van der Waals surface area (Å²) in [6.45, 7) is 13.0. The van der Waals surface area contributed by atoms with Crippen LogP contribution in [0.4, 0.5) is 0 Å². The Balaban J connectivity index is 0.000000195. The minimum Gasteiger partial charge on any atom is -0.278 e. The molecule has 0 spiro atoms. The molecule has 0 radical (unpaired) electrons. The standard InChI is InChI=1S/C16H22N6O.C8H9ClN4O/c1-10(2)5-6-21-8-12(7-18-21)14-13(11(3)4)15(23)22-16(20-14)17-9-19-22;1-4(2)5-6(9)12-8-10-3-11-13(8)7(5)14/h7-11H,5-6H2,1-4H3,(H,17,19,20);3-4H,1-2H3,(H,10,11,12). The van der Waals surface area contributed by atoms with Crippen molar-refractivity contribution in [1.82, 2.24) is 48.9 Å². The van der Waals surface area contributed by atoms with E-state index in [1.807, 2.05) is 38.6 Å². The first-order valence-electron chi connectivity index (χ1n) is 12.2. The fraction of sp³-hybridized carbons (Fsp3) is 0.458. The van der Waals surface area contributed by atoms with Gasteiger partial charge in [-0.1, -0.05) is 53.1 Å². The predicted octanol–water partition coefficient (Wildman–Crippen LogP) is 3.65. The normalized spacial score (nSPS) is 11.7. The molecular weight excluding hydrogens is 496 g/mol. The van der Waals surface area contributed by atoms with Crippen molar-refractivity contribution >= 4 is 23.2 Å². The predicted molar refractivity (Wildman–Crippen MR) is 141 cm³/mol. The van der Waals surface area contributed by atoms with Crippen molar-refractivity contribution in [1.29, 1.82) is 0 Å². The molecule has 0 unspecified atom stereocenters. The number of hydrogen-bond donors (Lipinski definition) is 2. The molecule has 13 heteroatoms. The number of aryl methyl sites for hydroxylation is 1. The number of rotatable bonds is 6. The number of aromatic nitrogens is 10. The maximum atomic E-state index is 12.7. The number of aromatic amines is 2. The lowest BCUT2D eigenvalue weighted by molar-refractivity contribution is 0.487. The minimum atomic E-state index is -0.187. The molecule has 12 nitrogen and oxygen atoms in total. The molecule has 0 saturated heterocycles. The van der Waals surface area contributed by atoms with E-state index in [1.165, 1.54) is 21.7 Å². The molecule has 0 aliphatic rings. The summed E-state index contributed by atoms with van der Waals surface area (Å²) in [5.74, 6) is 1.40. The summed E-state index contributed by atoms with van der Waals surface area (Å²) >= 11 is 5.88. The zero-order chi connectivity index (χ0) is 26.9. The van der Waals surface area contributed by atoms with E-state index >= 15 is 0 Å². The van der Waals surface area contributed by atoms with Crippen LogP contribution < -0.4 is 11.1 Å². The Labute approximate surface area is 217 Å². The van der Waals surface area contributed by atoms with Crippen molar-refractivity contribution in [3.8, 4) is 11.3 Å². The van der Waals surface area contributed by atoms with E-state index in [2.05, 4.69) is 49.1 Å². The lowest BCUT2D eigenvalue weighted by atomic mass is 10.00. The van der Waals surface area contributed by atoms with Gasteiger partial charge in [0.1, 0.15) is 17.8 Å². The van der Waals surface area contributed by atoms with Crippen LogP contribution in [0.25, 0.3) is 22.8 Å². The summed E-state index contributed by atoms with van der Waals surface area (Å²) in [6, 6.07) is 0. The third-order valence-electron chi connectivity index (χ3n) is 5.88. The molecule has 5 heterocycles. The second kappa shape index (κ2) is 10.7. The largest absolute Gasteiger partial charge is 0.278 e. The highest BCUT2D eigenvalue weighted by atomic mass is 35.5. The van der Waals surface area contributed by atoms with Crippen LogP contribution in [-0.4, -0.2) is 48.9 Å². The van der Waals surface area contributed by atoms with Gasteiger partial charge in [-0.3, -0.25) is 24.5 Å².